The maximum atomic E-state index is 5.92. The molecule has 2 aromatic rings. The van der Waals surface area contributed by atoms with Gasteiger partial charge in [-0.25, -0.2) is 4.98 Å². The molecule has 0 saturated heterocycles. The van der Waals surface area contributed by atoms with E-state index in [2.05, 4.69) is 29.5 Å². The largest absolute Gasteiger partial charge is 0.301 e. The molecule has 2 unspecified atom stereocenters. The molecule has 0 aromatic carbocycles. The maximum absolute atomic E-state index is 5.92. The van der Waals surface area contributed by atoms with Crippen LogP contribution in [0.4, 0.5) is 0 Å². The fourth-order valence-electron chi connectivity index (χ4n) is 1.54. The van der Waals surface area contributed by atoms with Gasteiger partial charge in [0, 0.05) is 17.6 Å². The summed E-state index contributed by atoms with van der Waals surface area (Å²) in [5, 5.41) is 8.72. The van der Waals surface area contributed by atoms with Crippen LogP contribution in [0.2, 0.25) is 4.34 Å². The Morgan fingerprint density at radius 2 is 2.12 bits per heavy atom. The Hall–Kier alpha value is -0.420. The van der Waals surface area contributed by atoms with Crippen LogP contribution in [-0.2, 0) is 0 Å². The van der Waals surface area contributed by atoms with Crippen LogP contribution in [0.1, 0.15) is 36.5 Å². The van der Waals surface area contributed by atoms with Crippen LogP contribution < -0.4 is 5.32 Å². The van der Waals surface area contributed by atoms with Crippen LogP contribution in [0, 0.1) is 0 Å². The lowest BCUT2D eigenvalue weighted by atomic mass is 10.1. The standard InChI is InChI=1S/C11H13ClN2S2/c1-7(9-5-10(12)16-6-9)14-8(2)11-13-3-4-15-11/h3-8,14H,1-2H3. The highest BCUT2D eigenvalue weighted by atomic mass is 35.5. The van der Waals surface area contributed by atoms with E-state index in [1.165, 1.54) is 5.56 Å². The molecule has 2 atom stereocenters. The minimum atomic E-state index is 0.272. The van der Waals surface area contributed by atoms with Crippen molar-refractivity contribution in [2.75, 3.05) is 0 Å². The molecule has 2 heterocycles. The Kier molecular flexibility index (Phi) is 3.97. The third kappa shape index (κ3) is 2.83. The number of aromatic nitrogens is 1. The molecule has 2 rings (SSSR count). The monoisotopic (exact) mass is 272 g/mol. The maximum Gasteiger partial charge on any atom is 0.109 e. The number of thiophene rings is 1. The fourth-order valence-corrected chi connectivity index (χ4v) is 3.18. The summed E-state index contributed by atoms with van der Waals surface area (Å²) in [7, 11) is 0. The van der Waals surface area contributed by atoms with Crippen molar-refractivity contribution in [2.24, 2.45) is 0 Å². The van der Waals surface area contributed by atoms with Gasteiger partial charge in [-0.05, 0) is 30.9 Å². The Morgan fingerprint density at radius 3 is 2.69 bits per heavy atom. The zero-order chi connectivity index (χ0) is 11.5. The van der Waals surface area contributed by atoms with Crippen molar-refractivity contribution in [1.82, 2.24) is 10.3 Å². The van der Waals surface area contributed by atoms with Gasteiger partial charge >= 0.3 is 0 Å². The second-order valence-electron chi connectivity index (χ2n) is 3.66. The molecule has 1 N–H and O–H groups in total. The lowest BCUT2D eigenvalue weighted by molar-refractivity contribution is 0.494. The molecular weight excluding hydrogens is 260 g/mol. The van der Waals surface area contributed by atoms with E-state index >= 15 is 0 Å². The van der Waals surface area contributed by atoms with Gasteiger partial charge in [-0.3, -0.25) is 0 Å². The molecule has 0 saturated carbocycles. The molecular formula is C11H13ClN2S2. The number of hydrogen-bond donors (Lipinski definition) is 1. The number of hydrogen-bond acceptors (Lipinski definition) is 4. The number of halogens is 1. The Labute approximate surface area is 108 Å². The first-order chi connectivity index (χ1) is 7.66. The molecule has 2 nitrogen and oxygen atoms in total. The van der Waals surface area contributed by atoms with Gasteiger partial charge in [-0.1, -0.05) is 11.6 Å². The van der Waals surface area contributed by atoms with E-state index in [0.717, 1.165) is 9.34 Å². The number of rotatable bonds is 4. The second kappa shape index (κ2) is 5.27. The predicted molar refractivity (Wildman–Crippen MR) is 71.4 cm³/mol. The molecule has 16 heavy (non-hydrogen) atoms. The van der Waals surface area contributed by atoms with Gasteiger partial charge in [0.15, 0.2) is 0 Å². The fraction of sp³-hybridized carbons (Fsp3) is 0.364. The second-order valence-corrected chi connectivity index (χ2v) is 6.13. The Morgan fingerprint density at radius 1 is 1.31 bits per heavy atom. The van der Waals surface area contributed by atoms with Crippen molar-refractivity contribution in [2.45, 2.75) is 25.9 Å². The smallest absolute Gasteiger partial charge is 0.109 e. The minimum Gasteiger partial charge on any atom is -0.301 e. The van der Waals surface area contributed by atoms with E-state index in [9.17, 15) is 0 Å². The summed E-state index contributed by atoms with van der Waals surface area (Å²) in [6, 6.07) is 2.58. The SMILES string of the molecule is CC(NC(C)c1nccs1)c1csc(Cl)c1. The van der Waals surface area contributed by atoms with Crippen molar-refractivity contribution >= 4 is 34.3 Å². The van der Waals surface area contributed by atoms with E-state index in [1.54, 1.807) is 22.7 Å². The first-order valence-corrected chi connectivity index (χ1v) is 7.20. The minimum absolute atomic E-state index is 0.272. The van der Waals surface area contributed by atoms with Crippen molar-refractivity contribution in [3.63, 3.8) is 0 Å². The topological polar surface area (TPSA) is 24.9 Å². The normalized spacial score (nSPS) is 14.9. The van der Waals surface area contributed by atoms with E-state index < -0.39 is 0 Å². The molecule has 5 heteroatoms. The zero-order valence-corrected chi connectivity index (χ0v) is 11.5. The van der Waals surface area contributed by atoms with Gasteiger partial charge < -0.3 is 5.32 Å². The Bertz CT molecular complexity index is 439. The van der Waals surface area contributed by atoms with E-state index in [-0.39, 0.29) is 6.04 Å². The van der Waals surface area contributed by atoms with Crippen LogP contribution in [0.25, 0.3) is 0 Å². The first kappa shape index (κ1) is 12.0. The summed E-state index contributed by atoms with van der Waals surface area (Å²) in [6.07, 6.45) is 1.84. The van der Waals surface area contributed by atoms with Crippen LogP contribution in [0.15, 0.2) is 23.0 Å². The number of nitrogens with one attached hydrogen (secondary N) is 1. The van der Waals surface area contributed by atoms with Crippen LogP contribution >= 0.6 is 34.3 Å². The Balaban J connectivity index is 2.00. The van der Waals surface area contributed by atoms with Gasteiger partial charge in [0.1, 0.15) is 5.01 Å². The molecule has 0 aliphatic rings. The average Bonchev–Trinajstić information content (AvgIpc) is 2.87. The van der Waals surface area contributed by atoms with E-state index in [0.29, 0.717) is 6.04 Å². The van der Waals surface area contributed by atoms with Gasteiger partial charge in [-0.15, -0.1) is 22.7 Å². The summed E-state index contributed by atoms with van der Waals surface area (Å²) >= 11 is 9.17. The van der Waals surface area contributed by atoms with E-state index in [1.807, 2.05) is 17.6 Å². The molecule has 0 aliphatic carbocycles. The molecule has 0 bridgehead atoms. The molecule has 0 amide bonds. The third-order valence-corrected chi connectivity index (χ3v) is 4.48. The highest BCUT2D eigenvalue weighted by Crippen LogP contribution is 2.26. The molecule has 0 fully saturated rings. The highest BCUT2D eigenvalue weighted by molar-refractivity contribution is 7.14. The van der Waals surface area contributed by atoms with Crippen LogP contribution in [-0.4, -0.2) is 4.98 Å². The quantitative estimate of drug-likeness (QED) is 0.899. The zero-order valence-electron chi connectivity index (χ0n) is 9.11. The van der Waals surface area contributed by atoms with Crippen molar-refractivity contribution < 1.29 is 0 Å². The molecule has 86 valence electrons. The van der Waals surface area contributed by atoms with Crippen LogP contribution in [0.3, 0.4) is 0 Å². The summed E-state index contributed by atoms with van der Waals surface area (Å²) < 4.78 is 0.838. The summed E-state index contributed by atoms with van der Waals surface area (Å²) in [4.78, 5) is 4.30. The van der Waals surface area contributed by atoms with Gasteiger partial charge in [-0.2, -0.15) is 0 Å². The number of thiazole rings is 1. The van der Waals surface area contributed by atoms with Crippen molar-refractivity contribution in [1.29, 1.82) is 0 Å². The van der Waals surface area contributed by atoms with Crippen molar-refractivity contribution in [3.8, 4) is 0 Å². The lowest BCUT2D eigenvalue weighted by Crippen LogP contribution is -2.21. The number of nitrogens with zero attached hydrogens (tertiary/aromatic N) is 1. The molecule has 0 aliphatic heterocycles. The summed E-state index contributed by atoms with van der Waals surface area (Å²) in [5.74, 6) is 0. The van der Waals surface area contributed by atoms with Crippen LogP contribution in [0.5, 0.6) is 0 Å². The third-order valence-electron chi connectivity index (χ3n) is 2.41. The predicted octanol–water partition coefficient (Wildman–Crippen LogP) is 4.27. The summed E-state index contributed by atoms with van der Waals surface area (Å²) in [6.45, 7) is 4.27. The molecule has 2 aromatic heterocycles. The molecule has 0 spiro atoms. The summed E-state index contributed by atoms with van der Waals surface area (Å²) in [5.41, 5.74) is 1.23. The average molecular weight is 273 g/mol. The first-order valence-electron chi connectivity index (χ1n) is 5.06. The van der Waals surface area contributed by atoms with Crippen molar-refractivity contribution in [3.05, 3.63) is 37.9 Å². The van der Waals surface area contributed by atoms with Gasteiger partial charge in [0.25, 0.3) is 0 Å². The van der Waals surface area contributed by atoms with Gasteiger partial charge in [0.05, 0.1) is 10.4 Å². The van der Waals surface area contributed by atoms with Gasteiger partial charge in [0.2, 0.25) is 0 Å². The van der Waals surface area contributed by atoms with E-state index in [4.69, 9.17) is 11.6 Å². The lowest BCUT2D eigenvalue weighted by Gasteiger charge is -2.17. The highest BCUT2D eigenvalue weighted by Gasteiger charge is 2.13. The molecule has 0 radical (unpaired) electrons.